The predicted molar refractivity (Wildman–Crippen MR) is 76.7 cm³/mol. The number of anilines is 1. The average Bonchev–Trinajstić information content (AvgIpc) is 2.85. The first-order chi connectivity index (χ1) is 10.1. The third-order valence-electron chi connectivity index (χ3n) is 3.37. The van der Waals surface area contributed by atoms with Gasteiger partial charge in [0.1, 0.15) is 18.1 Å². The number of hydrogen-bond acceptors (Lipinski definition) is 6. The number of nitrogen functional groups attached to an aromatic ring is 1. The van der Waals surface area contributed by atoms with E-state index in [0.717, 1.165) is 0 Å². The highest BCUT2D eigenvalue weighted by molar-refractivity contribution is 5.48. The van der Waals surface area contributed by atoms with Gasteiger partial charge in [-0.25, -0.2) is 4.79 Å². The summed E-state index contributed by atoms with van der Waals surface area (Å²) in [6, 6.07) is 0. The molecule has 1 aliphatic rings. The molecule has 0 bridgehead atoms. The number of aromatic nitrogens is 2. The van der Waals surface area contributed by atoms with Crippen molar-refractivity contribution in [2.75, 3.05) is 26.6 Å². The third kappa shape index (κ3) is 3.24. The lowest BCUT2D eigenvalue weighted by molar-refractivity contribution is -0.0617. The Labute approximate surface area is 123 Å². The zero-order valence-corrected chi connectivity index (χ0v) is 12.3. The fraction of sp³-hybridized carbons (Fsp3) is 0.571. The van der Waals surface area contributed by atoms with Gasteiger partial charge in [-0.1, -0.05) is 5.92 Å². The Kier molecular flexibility index (Phi) is 4.96. The van der Waals surface area contributed by atoms with Gasteiger partial charge in [0.05, 0.1) is 18.3 Å². The van der Waals surface area contributed by atoms with Crippen LogP contribution in [0.2, 0.25) is 0 Å². The highest BCUT2D eigenvalue weighted by atomic mass is 16.6. The number of nitrogens with two attached hydrogens (primary N) is 1. The first-order valence-electron chi connectivity index (χ1n) is 6.59. The van der Waals surface area contributed by atoms with Gasteiger partial charge in [0.15, 0.2) is 0 Å². The number of hydrogen-bond donors (Lipinski definition) is 1. The quantitative estimate of drug-likeness (QED) is 0.795. The normalized spacial score (nSPS) is 24.6. The lowest BCUT2D eigenvalue weighted by Crippen LogP contribution is -2.29. The van der Waals surface area contributed by atoms with Gasteiger partial charge in [0.2, 0.25) is 0 Å². The Morgan fingerprint density at radius 3 is 2.95 bits per heavy atom. The minimum atomic E-state index is -0.466. The minimum absolute atomic E-state index is 0.125. The summed E-state index contributed by atoms with van der Waals surface area (Å²) < 4.78 is 17.7. The Morgan fingerprint density at radius 2 is 2.33 bits per heavy atom. The average molecular weight is 293 g/mol. The van der Waals surface area contributed by atoms with Crippen LogP contribution in [-0.2, 0) is 14.2 Å². The molecule has 7 nitrogen and oxygen atoms in total. The molecule has 0 saturated carbocycles. The van der Waals surface area contributed by atoms with Crippen LogP contribution in [0.15, 0.2) is 11.0 Å². The number of nitrogens with zero attached hydrogens (tertiary/aromatic N) is 2. The Morgan fingerprint density at radius 1 is 1.57 bits per heavy atom. The summed E-state index contributed by atoms with van der Waals surface area (Å²) in [5.41, 5.74) is 5.73. The van der Waals surface area contributed by atoms with Crippen molar-refractivity contribution in [1.82, 2.24) is 9.55 Å². The Balaban J connectivity index is 2.31. The van der Waals surface area contributed by atoms with Crippen LogP contribution in [0.4, 0.5) is 5.82 Å². The zero-order chi connectivity index (χ0) is 15.4. The first-order valence-corrected chi connectivity index (χ1v) is 6.59. The molecule has 2 rings (SSSR count). The van der Waals surface area contributed by atoms with E-state index in [0.29, 0.717) is 18.6 Å². The Bertz CT molecular complexity index is 617. The highest BCUT2D eigenvalue weighted by Crippen LogP contribution is 2.29. The molecule has 21 heavy (non-hydrogen) atoms. The molecule has 1 aromatic rings. The molecule has 114 valence electrons. The SMILES string of the molecule is CC#Cc1cn([C@H]2CC(OC)[C@@H](COC)O2)c(=O)nc1N. The second-order valence-electron chi connectivity index (χ2n) is 4.70. The van der Waals surface area contributed by atoms with Crippen molar-refractivity contribution in [3.8, 4) is 11.8 Å². The number of ether oxygens (including phenoxy) is 3. The summed E-state index contributed by atoms with van der Waals surface area (Å²) in [5, 5.41) is 0. The van der Waals surface area contributed by atoms with Crippen molar-refractivity contribution in [1.29, 1.82) is 0 Å². The van der Waals surface area contributed by atoms with E-state index < -0.39 is 11.9 Å². The molecule has 0 aliphatic carbocycles. The zero-order valence-electron chi connectivity index (χ0n) is 12.3. The van der Waals surface area contributed by atoms with E-state index >= 15 is 0 Å². The van der Waals surface area contributed by atoms with Crippen LogP contribution in [0.1, 0.15) is 25.1 Å². The van der Waals surface area contributed by atoms with Crippen LogP contribution in [0.25, 0.3) is 0 Å². The Hall–Kier alpha value is -1.88. The van der Waals surface area contributed by atoms with Crippen molar-refractivity contribution in [2.45, 2.75) is 31.8 Å². The molecule has 1 unspecified atom stereocenters. The standard InChI is InChI=1S/C14H19N3O4/c1-4-5-9-7-17(14(18)16-13(9)15)12-6-10(20-3)11(21-12)8-19-2/h7,10-12H,6,8H2,1-3H3,(H2,15,16,18)/t10?,11-,12-/m1/s1. The molecule has 1 aromatic heterocycles. The van der Waals surface area contributed by atoms with Gasteiger partial charge in [-0.05, 0) is 6.92 Å². The van der Waals surface area contributed by atoms with Gasteiger partial charge in [-0.2, -0.15) is 4.98 Å². The summed E-state index contributed by atoms with van der Waals surface area (Å²) >= 11 is 0. The summed E-state index contributed by atoms with van der Waals surface area (Å²) in [6.45, 7) is 2.09. The molecule has 7 heteroatoms. The topological polar surface area (TPSA) is 88.6 Å². The van der Waals surface area contributed by atoms with E-state index in [1.54, 1.807) is 27.3 Å². The maximum absolute atomic E-state index is 12.0. The second-order valence-corrected chi connectivity index (χ2v) is 4.70. The van der Waals surface area contributed by atoms with Crippen LogP contribution < -0.4 is 11.4 Å². The lowest BCUT2D eigenvalue weighted by atomic mass is 10.2. The molecule has 0 spiro atoms. The summed E-state index contributed by atoms with van der Waals surface area (Å²) in [4.78, 5) is 15.8. The molecule has 0 aromatic carbocycles. The van der Waals surface area contributed by atoms with E-state index in [9.17, 15) is 4.79 Å². The van der Waals surface area contributed by atoms with Crippen LogP contribution in [0.3, 0.4) is 0 Å². The fourth-order valence-corrected chi connectivity index (χ4v) is 2.35. The highest BCUT2D eigenvalue weighted by Gasteiger charge is 2.37. The molecule has 2 heterocycles. The van der Waals surface area contributed by atoms with Crippen molar-refractivity contribution in [2.24, 2.45) is 0 Å². The fourth-order valence-electron chi connectivity index (χ4n) is 2.35. The van der Waals surface area contributed by atoms with Gasteiger partial charge < -0.3 is 19.9 Å². The third-order valence-corrected chi connectivity index (χ3v) is 3.37. The van der Waals surface area contributed by atoms with Gasteiger partial charge in [-0.15, -0.1) is 5.92 Å². The van der Waals surface area contributed by atoms with Gasteiger partial charge in [-0.3, -0.25) is 4.57 Å². The monoisotopic (exact) mass is 293 g/mol. The largest absolute Gasteiger partial charge is 0.382 e. The minimum Gasteiger partial charge on any atom is -0.382 e. The van der Waals surface area contributed by atoms with Crippen molar-refractivity contribution >= 4 is 5.82 Å². The van der Waals surface area contributed by atoms with E-state index in [-0.39, 0.29) is 18.0 Å². The van der Waals surface area contributed by atoms with Crippen LogP contribution in [-0.4, -0.2) is 42.6 Å². The van der Waals surface area contributed by atoms with Gasteiger partial charge >= 0.3 is 5.69 Å². The number of rotatable bonds is 4. The van der Waals surface area contributed by atoms with Crippen molar-refractivity contribution in [3.05, 3.63) is 22.2 Å². The van der Waals surface area contributed by atoms with Crippen molar-refractivity contribution in [3.63, 3.8) is 0 Å². The molecule has 0 radical (unpaired) electrons. The maximum atomic E-state index is 12.0. The molecule has 1 saturated heterocycles. The van der Waals surface area contributed by atoms with Gasteiger partial charge in [0, 0.05) is 26.8 Å². The molecule has 0 amide bonds. The molecular weight excluding hydrogens is 274 g/mol. The summed E-state index contributed by atoms with van der Waals surface area (Å²) in [6.07, 6.45) is 1.28. The maximum Gasteiger partial charge on any atom is 0.351 e. The van der Waals surface area contributed by atoms with E-state index in [4.69, 9.17) is 19.9 Å². The molecular formula is C14H19N3O4. The first kappa shape index (κ1) is 15.5. The molecule has 2 N–H and O–H groups in total. The molecule has 1 fully saturated rings. The second kappa shape index (κ2) is 6.72. The summed E-state index contributed by atoms with van der Waals surface area (Å²) in [5.74, 6) is 5.69. The predicted octanol–water partition coefficient (Wildman–Crippen LogP) is 0.146. The van der Waals surface area contributed by atoms with E-state index in [1.807, 2.05) is 0 Å². The van der Waals surface area contributed by atoms with Crippen LogP contribution in [0, 0.1) is 11.8 Å². The summed E-state index contributed by atoms with van der Waals surface area (Å²) in [7, 11) is 3.20. The van der Waals surface area contributed by atoms with Crippen molar-refractivity contribution < 1.29 is 14.2 Å². The van der Waals surface area contributed by atoms with E-state index in [2.05, 4.69) is 16.8 Å². The smallest absolute Gasteiger partial charge is 0.351 e. The molecule has 1 aliphatic heterocycles. The number of methoxy groups -OCH3 is 2. The van der Waals surface area contributed by atoms with E-state index in [1.165, 1.54) is 4.57 Å². The lowest BCUT2D eigenvalue weighted by Gasteiger charge is -2.16. The molecule has 3 atom stereocenters. The van der Waals surface area contributed by atoms with Crippen LogP contribution >= 0.6 is 0 Å². The van der Waals surface area contributed by atoms with Gasteiger partial charge in [0.25, 0.3) is 0 Å². The van der Waals surface area contributed by atoms with Crippen LogP contribution in [0.5, 0.6) is 0 Å².